The van der Waals surface area contributed by atoms with Crippen molar-refractivity contribution in [3.05, 3.63) is 35.4 Å². The maximum atomic E-state index is 12.3. The number of nitriles is 1. The van der Waals surface area contributed by atoms with E-state index in [-0.39, 0.29) is 11.7 Å². The molecule has 1 fully saturated rings. The van der Waals surface area contributed by atoms with E-state index < -0.39 is 9.84 Å². The van der Waals surface area contributed by atoms with Crippen molar-refractivity contribution in [1.29, 1.82) is 5.26 Å². The van der Waals surface area contributed by atoms with Crippen molar-refractivity contribution < 1.29 is 13.2 Å². The summed E-state index contributed by atoms with van der Waals surface area (Å²) in [5, 5.41) is 8.84. The van der Waals surface area contributed by atoms with E-state index in [1.807, 2.05) is 29.2 Å². The lowest BCUT2D eigenvalue weighted by molar-refractivity contribution is -0.131. The van der Waals surface area contributed by atoms with Gasteiger partial charge in [0.15, 0.2) is 0 Å². The third-order valence-corrected chi connectivity index (χ3v) is 5.37. The molecule has 1 heterocycles. The molecule has 0 N–H and O–H groups in total. The normalized spacial score (nSPS) is 16.2. The Bertz CT molecular complexity index is 723. The molecular formula is C18H25N3O3S. The lowest BCUT2D eigenvalue weighted by Gasteiger charge is -2.22. The van der Waals surface area contributed by atoms with Crippen LogP contribution >= 0.6 is 0 Å². The second kappa shape index (κ2) is 8.97. The first-order valence-electron chi connectivity index (χ1n) is 8.54. The summed E-state index contributed by atoms with van der Waals surface area (Å²) in [6, 6.07) is 9.70. The molecule has 0 bridgehead atoms. The molecule has 25 heavy (non-hydrogen) atoms. The zero-order valence-corrected chi connectivity index (χ0v) is 15.5. The van der Waals surface area contributed by atoms with Crippen molar-refractivity contribution in [2.45, 2.75) is 25.8 Å². The largest absolute Gasteiger partial charge is 0.341 e. The number of hydrogen-bond acceptors (Lipinski definition) is 5. The third-order valence-electron chi connectivity index (χ3n) is 4.34. The van der Waals surface area contributed by atoms with E-state index in [1.165, 1.54) is 6.26 Å². The minimum Gasteiger partial charge on any atom is -0.341 e. The van der Waals surface area contributed by atoms with Gasteiger partial charge in [0.1, 0.15) is 9.84 Å². The number of benzene rings is 1. The topological polar surface area (TPSA) is 81.5 Å². The van der Waals surface area contributed by atoms with Crippen LogP contribution in [0.4, 0.5) is 0 Å². The van der Waals surface area contributed by atoms with Gasteiger partial charge in [0.25, 0.3) is 0 Å². The van der Waals surface area contributed by atoms with Crippen LogP contribution in [-0.4, -0.2) is 62.3 Å². The minimum absolute atomic E-state index is 0.0453. The zero-order chi connectivity index (χ0) is 18.3. The molecule has 1 amide bonds. The van der Waals surface area contributed by atoms with Crippen molar-refractivity contribution in [3.8, 4) is 6.07 Å². The quantitative estimate of drug-likeness (QED) is 0.763. The number of hydrogen-bond donors (Lipinski definition) is 0. The molecule has 0 radical (unpaired) electrons. The molecule has 0 atom stereocenters. The number of carbonyl (C=O) groups is 1. The summed E-state index contributed by atoms with van der Waals surface area (Å²) in [6.07, 6.45) is 2.80. The average molecular weight is 363 g/mol. The van der Waals surface area contributed by atoms with Gasteiger partial charge in [-0.1, -0.05) is 12.1 Å². The summed E-state index contributed by atoms with van der Waals surface area (Å²) in [7, 11) is -3.01. The minimum atomic E-state index is -3.01. The molecule has 6 nitrogen and oxygen atoms in total. The number of amides is 1. The van der Waals surface area contributed by atoms with Gasteiger partial charge < -0.3 is 4.90 Å². The van der Waals surface area contributed by atoms with E-state index >= 15 is 0 Å². The molecule has 1 aliphatic rings. The van der Waals surface area contributed by atoms with Gasteiger partial charge in [0.05, 0.1) is 17.4 Å². The second-order valence-corrected chi connectivity index (χ2v) is 8.81. The molecule has 0 aromatic heterocycles. The molecule has 1 aromatic rings. The number of sulfone groups is 1. The summed E-state index contributed by atoms with van der Waals surface area (Å²) >= 11 is 0. The maximum absolute atomic E-state index is 12.3. The van der Waals surface area contributed by atoms with E-state index in [9.17, 15) is 13.2 Å². The molecule has 0 spiro atoms. The highest BCUT2D eigenvalue weighted by Crippen LogP contribution is 2.11. The standard InChI is InChI=1S/C18H25N3O3S/c1-25(23,24)13-2-4-18(22)21-10-3-9-20(11-12-21)15-17-7-5-16(14-19)6-8-17/h5-8H,2-4,9-13,15H2,1H3. The van der Waals surface area contributed by atoms with Gasteiger partial charge in [0.2, 0.25) is 5.91 Å². The second-order valence-electron chi connectivity index (χ2n) is 6.55. The van der Waals surface area contributed by atoms with E-state index in [1.54, 1.807) is 0 Å². The predicted octanol–water partition coefficient (Wildman–Crippen LogP) is 1.42. The van der Waals surface area contributed by atoms with Crippen LogP contribution in [0, 0.1) is 11.3 Å². The summed E-state index contributed by atoms with van der Waals surface area (Å²) in [5.74, 6) is 0.112. The smallest absolute Gasteiger partial charge is 0.222 e. The highest BCUT2D eigenvalue weighted by atomic mass is 32.2. The number of nitrogens with zero attached hydrogens (tertiary/aromatic N) is 3. The summed E-state index contributed by atoms with van der Waals surface area (Å²) in [4.78, 5) is 16.4. The Morgan fingerprint density at radius 2 is 1.88 bits per heavy atom. The average Bonchev–Trinajstić information content (AvgIpc) is 2.80. The molecule has 0 unspecified atom stereocenters. The van der Waals surface area contributed by atoms with Gasteiger partial charge >= 0.3 is 0 Å². The van der Waals surface area contributed by atoms with Gasteiger partial charge in [0, 0.05) is 45.4 Å². The summed E-state index contributed by atoms with van der Waals surface area (Å²) in [5.41, 5.74) is 1.82. The van der Waals surface area contributed by atoms with E-state index in [0.29, 0.717) is 24.9 Å². The monoisotopic (exact) mass is 363 g/mol. The molecule has 136 valence electrons. The van der Waals surface area contributed by atoms with Gasteiger partial charge in [-0.05, 0) is 30.5 Å². The van der Waals surface area contributed by atoms with E-state index in [0.717, 1.165) is 38.2 Å². The Morgan fingerprint density at radius 1 is 1.16 bits per heavy atom. The fourth-order valence-corrected chi connectivity index (χ4v) is 3.63. The SMILES string of the molecule is CS(=O)(=O)CCCC(=O)N1CCCN(Cc2ccc(C#N)cc2)CC1. The van der Waals surface area contributed by atoms with Crippen LogP contribution in [0.5, 0.6) is 0 Å². The molecule has 0 aliphatic carbocycles. The fraction of sp³-hybridized carbons (Fsp3) is 0.556. The first-order valence-corrected chi connectivity index (χ1v) is 10.6. The Hall–Kier alpha value is -1.91. The highest BCUT2D eigenvalue weighted by Gasteiger charge is 2.19. The first kappa shape index (κ1) is 19.4. The van der Waals surface area contributed by atoms with Crippen molar-refractivity contribution in [1.82, 2.24) is 9.80 Å². The highest BCUT2D eigenvalue weighted by molar-refractivity contribution is 7.90. The van der Waals surface area contributed by atoms with Crippen molar-refractivity contribution in [2.24, 2.45) is 0 Å². The van der Waals surface area contributed by atoms with Crippen LogP contribution in [0.25, 0.3) is 0 Å². The van der Waals surface area contributed by atoms with Crippen LogP contribution in [0.3, 0.4) is 0 Å². The first-order chi connectivity index (χ1) is 11.9. The maximum Gasteiger partial charge on any atom is 0.222 e. The van der Waals surface area contributed by atoms with Gasteiger partial charge in [-0.2, -0.15) is 5.26 Å². The summed E-state index contributed by atoms with van der Waals surface area (Å²) in [6.45, 7) is 3.93. The van der Waals surface area contributed by atoms with Crippen LogP contribution in [0.2, 0.25) is 0 Å². The molecule has 1 aliphatic heterocycles. The lowest BCUT2D eigenvalue weighted by Crippen LogP contribution is -2.35. The van der Waals surface area contributed by atoms with E-state index in [4.69, 9.17) is 5.26 Å². The zero-order valence-electron chi connectivity index (χ0n) is 14.6. The predicted molar refractivity (Wildman–Crippen MR) is 96.6 cm³/mol. The molecule has 1 aromatic carbocycles. The molecule has 1 saturated heterocycles. The summed E-state index contributed by atoms with van der Waals surface area (Å²) < 4.78 is 22.3. The lowest BCUT2D eigenvalue weighted by atomic mass is 10.1. The number of rotatable bonds is 6. The van der Waals surface area contributed by atoms with E-state index in [2.05, 4.69) is 11.0 Å². The van der Waals surface area contributed by atoms with Crippen molar-refractivity contribution in [2.75, 3.05) is 38.2 Å². The van der Waals surface area contributed by atoms with Crippen LogP contribution in [0.15, 0.2) is 24.3 Å². The van der Waals surface area contributed by atoms with Crippen LogP contribution < -0.4 is 0 Å². The Balaban J connectivity index is 1.80. The van der Waals surface area contributed by atoms with Crippen molar-refractivity contribution >= 4 is 15.7 Å². The van der Waals surface area contributed by atoms with Gasteiger partial charge in [-0.15, -0.1) is 0 Å². The Labute approximate surface area is 150 Å². The molecule has 2 rings (SSSR count). The number of carbonyl (C=O) groups excluding carboxylic acids is 1. The Kier molecular flexibility index (Phi) is 6.97. The molecular weight excluding hydrogens is 338 g/mol. The Morgan fingerprint density at radius 3 is 2.52 bits per heavy atom. The fourth-order valence-electron chi connectivity index (χ4n) is 2.97. The van der Waals surface area contributed by atoms with Crippen LogP contribution in [0.1, 0.15) is 30.4 Å². The van der Waals surface area contributed by atoms with Crippen molar-refractivity contribution in [3.63, 3.8) is 0 Å². The third kappa shape index (κ3) is 6.85. The molecule has 0 saturated carbocycles. The van der Waals surface area contributed by atoms with Crippen LogP contribution in [-0.2, 0) is 21.2 Å². The molecule has 7 heteroatoms. The van der Waals surface area contributed by atoms with Gasteiger partial charge in [-0.25, -0.2) is 8.42 Å². The van der Waals surface area contributed by atoms with Gasteiger partial charge in [-0.3, -0.25) is 9.69 Å².